The van der Waals surface area contributed by atoms with Gasteiger partial charge in [0.05, 0.1) is 18.3 Å². The van der Waals surface area contributed by atoms with Gasteiger partial charge in [0, 0.05) is 44.1 Å². The van der Waals surface area contributed by atoms with Crippen molar-refractivity contribution < 1.29 is 13.9 Å². The highest BCUT2D eigenvalue weighted by molar-refractivity contribution is 6.74. The predicted octanol–water partition coefficient (Wildman–Crippen LogP) is 5.71. The zero-order valence-corrected chi connectivity index (χ0v) is 20.6. The summed E-state index contributed by atoms with van der Waals surface area (Å²) in [5.74, 6) is 1.22. The van der Waals surface area contributed by atoms with E-state index in [-0.39, 0.29) is 11.1 Å². The van der Waals surface area contributed by atoms with Gasteiger partial charge < -0.3 is 13.9 Å². The van der Waals surface area contributed by atoms with Gasteiger partial charge in [-0.1, -0.05) is 32.4 Å². The van der Waals surface area contributed by atoms with Crippen LogP contribution in [0, 0.1) is 0 Å². The lowest BCUT2D eigenvalue weighted by Gasteiger charge is -2.36. The summed E-state index contributed by atoms with van der Waals surface area (Å²) in [5.41, 5.74) is 1.64. The monoisotopic (exact) mass is 439 g/mol. The Morgan fingerprint density at radius 2 is 1.93 bits per heavy atom. The summed E-state index contributed by atoms with van der Waals surface area (Å²) in [6, 6.07) is 1.74. The van der Waals surface area contributed by atoms with Crippen LogP contribution in [-0.4, -0.2) is 42.4 Å². The number of hydrogen-bond acceptors (Lipinski definition) is 5. The molecule has 0 aliphatic carbocycles. The van der Waals surface area contributed by atoms with Crippen LogP contribution in [0.5, 0.6) is 11.6 Å². The van der Waals surface area contributed by atoms with E-state index in [0.717, 1.165) is 17.5 Å². The van der Waals surface area contributed by atoms with Crippen LogP contribution in [-0.2, 0) is 11.5 Å². The average Bonchev–Trinajstić information content (AvgIpc) is 2.94. The summed E-state index contributed by atoms with van der Waals surface area (Å²) in [5, 5.41) is 4.96. The van der Waals surface area contributed by atoms with E-state index in [9.17, 15) is 0 Å². The third-order valence-corrected chi connectivity index (χ3v) is 10.1. The van der Waals surface area contributed by atoms with Crippen molar-refractivity contribution in [2.75, 3.05) is 13.2 Å². The van der Waals surface area contributed by atoms with Crippen molar-refractivity contribution in [1.82, 2.24) is 14.8 Å². The number of aromatic nitrogens is 3. The molecule has 1 atom stereocenters. The first kappa shape index (κ1) is 23.7. The molecular formula is C21H34ClN3O3Si. The van der Waals surface area contributed by atoms with E-state index in [1.165, 1.54) is 0 Å². The molecule has 0 aromatic carbocycles. The number of halogens is 1. The molecule has 0 radical (unpaired) electrons. The maximum atomic E-state index is 6.28. The molecule has 0 saturated carbocycles. The second-order valence-electron chi connectivity index (χ2n) is 8.78. The van der Waals surface area contributed by atoms with Crippen molar-refractivity contribution in [1.29, 1.82) is 0 Å². The standard InChI is InChI=1S/C21H34ClN3O3Si/c1-9-26-20-17(14-25(6)24-20)16-13-23-19(22)12-18(16)28-15(2)10-11-27-29(7,8)21(3,4)5/h12-15H,9-11H2,1-8H3. The Morgan fingerprint density at radius 3 is 2.55 bits per heavy atom. The molecule has 0 spiro atoms. The summed E-state index contributed by atoms with van der Waals surface area (Å²) >= 11 is 6.15. The van der Waals surface area contributed by atoms with Gasteiger partial charge in [0.15, 0.2) is 8.32 Å². The largest absolute Gasteiger partial charge is 0.490 e. The fraction of sp³-hybridized carbons (Fsp3) is 0.619. The SMILES string of the molecule is CCOc1nn(C)cc1-c1cnc(Cl)cc1OC(C)CCO[Si](C)(C)C(C)(C)C. The van der Waals surface area contributed by atoms with Crippen LogP contribution < -0.4 is 9.47 Å². The van der Waals surface area contributed by atoms with Gasteiger partial charge in [-0.15, -0.1) is 5.10 Å². The first-order chi connectivity index (χ1) is 13.4. The molecule has 29 heavy (non-hydrogen) atoms. The smallest absolute Gasteiger partial charge is 0.240 e. The lowest BCUT2D eigenvalue weighted by atomic mass is 10.1. The molecule has 162 valence electrons. The Hall–Kier alpha value is -1.57. The normalized spacial score (nSPS) is 13.4. The molecule has 8 heteroatoms. The highest BCUT2D eigenvalue weighted by Crippen LogP contribution is 2.38. The van der Waals surface area contributed by atoms with Crippen LogP contribution in [0.1, 0.15) is 41.0 Å². The molecule has 0 aliphatic rings. The van der Waals surface area contributed by atoms with Crippen LogP contribution in [0.2, 0.25) is 23.3 Å². The molecule has 0 fully saturated rings. The van der Waals surface area contributed by atoms with Gasteiger partial charge in [0.2, 0.25) is 5.88 Å². The summed E-state index contributed by atoms with van der Waals surface area (Å²) in [6.07, 6.45) is 4.35. The van der Waals surface area contributed by atoms with Crippen molar-refractivity contribution in [3.63, 3.8) is 0 Å². The minimum Gasteiger partial charge on any atom is -0.490 e. The first-order valence-electron chi connectivity index (χ1n) is 10.1. The third-order valence-electron chi connectivity index (χ3n) is 5.32. The van der Waals surface area contributed by atoms with Gasteiger partial charge in [-0.2, -0.15) is 0 Å². The molecule has 2 rings (SSSR count). The molecule has 0 amide bonds. The van der Waals surface area contributed by atoms with Crippen molar-refractivity contribution in [3.8, 4) is 22.8 Å². The van der Waals surface area contributed by atoms with Crippen molar-refractivity contribution in [2.45, 2.75) is 65.3 Å². The third kappa shape index (κ3) is 6.20. The molecular weight excluding hydrogens is 406 g/mol. The number of rotatable bonds is 9. The Labute approximate surface area is 180 Å². The highest BCUT2D eigenvalue weighted by Gasteiger charge is 2.37. The van der Waals surface area contributed by atoms with Crippen LogP contribution in [0.15, 0.2) is 18.5 Å². The number of ether oxygens (including phenoxy) is 2. The molecule has 0 saturated heterocycles. The molecule has 1 unspecified atom stereocenters. The lowest BCUT2D eigenvalue weighted by molar-refractivity contribution is 0.171. The van der Waals surface area contributed by atoms with Crippen molar-refractivity contribution in [3.05, 3.63) is 23.6 Å². The fourth-order valence-electron chi connectivity index (χ4n) is 2.58. The lowest BCUT2D eigenvalue weighted by Crippen LogP contribution is -2.41. The molecule has 0 N–H and O–H groups in total. The fourth-order valence-corrected chi connectivity index (χ4v) is 3.79. The molecule has 6 nitrogen and oxygen atoms in total. The van der Waals surface area contributed by atoms with Gasteiger partial charge in [-0.05, 0) is 32.0 Å². The highest BCUT2D eigenvalue weighted by atomic mass is 35.5. The maximum Gasteiger partial charge on any atom is 0.240 e. The molecule has 0 bridgehead atoms. The van der Waals surface area contributed by atoms with Crippen LogP contribution in [0.3, 0.4) is 0 Å². The van der Waals surface area contributed by atoms with Gasteiger partial charge in [0.1, 0.15) is 10.9 Å². The van der Waals surface area contributed by atoms with Crippen LogP contribution in [0.25, 0.3) is 11.1 Å². The van der Waals surface area contributed by atoms with E-state index in [4.69, 9.17) is 25.5 Å². The summed E-state index contributed by atoms with van der Waals surface area (Å²) < 4.78 is 19.9. The van der Waals surface area contributed by atoms with E-state index in [0.29, 0.717) is 30.0 Å². The second kappa shape index (κ2) is 9.49. The van der Waals surface area contributed by atoms with E-state index < -0.39 is 8.32 Å². The quantitative estimate of drug-likeness (QED) is 0.369. The number of aryl methyl sites for hydroxylation is 1. The number of pyridine rings is 1. The summed E-state index contributed by atoms with van der Waals surface area (Å²) in [7, 11) is 0.0935. The zero-order chi connectivity index (χ0) is 21.8. The second-order valence-corrected chi connectivity index (χ2v) is 14.0. The minimum absolute atomic E-state index is 0.0378. The van der Waals surface area contributed by atoms with E-state index in [1.54, 1.807) is 16.9 Å². The molecule has 2 aromatic heterocycles. The summed E-state index contributed by atoms with van der Waals surface area (Å²) in [4.78, 5) is 4.23. The van der Waals surface area contributed by atoms with E-state index >= 15 is 0 Å². The average molecular weight is 440 g/mol. The van der Waals surface area contributed by atoms with Crippen molar-refractivity contribution in [2.24, 2.45) is 7.05 Å². The van der Waals surface area contributed by atoms with Gasteiger partial charge in [-0.25, -0.2) is 4.98 Å². The van der Waals surface area contributed by atoms with Crippen molar-refractivity contribution >= 4 is 19.9 Å². The van der Waals surface area contributed by atoms with Gasteiger partial charge in [-0.3, -0.25) is 4.68 Å². The Morgan fingerprint density at radius 1 is 1.24 bits per heavy atom. The Kier molecular flexibility index (Phi) is 7.76. The number of nitrogens with zero attached hydrogens (tertiary/aromatic N) is 3. The number of hydrogen-bond donors (Lipinski definition) is 0. The first-order valence-corrected chi connectivity index (χ1v) is 13.4. The van der Waals surface area contributed by atoms with Crippen LogP contribution in [0.4, 0.5) is 0 Å². The molecule has 2 heterocycles. The van der Waals surface area contributed by atoms with Gasteiger partial charge in [0.25, 0.3) is 0 Å². The maximum absolute atomic E-state index is 6.28. The summed E-state index contributed by atoms with van der Waals surface area (Å²) in [6.45, 7) is 16.4. The van der Waals surface area contributed by atoms with Crippen LogP contribution >= 0.6 is 11.6 Å². The van der Waals surface area contributed by atoms with E-state index in [2.05, 4.69) is 43.9 Å². The van der Waals surface area contributed by atoms with E-state index in [1.807, 2.05) is 27.1 Å². The molecule has 0 aliphatic heterocycles. The van der Waals surface area contributed by atoms with Gasteiger partial charge >= 0.3 is 0 Å². The Bertz CT molecular complexity index is 818. The Balaban J connectivity index is 2.14. The molecule has 2 aromatic rings. The minimum atomic E-state index is -1.76. The predicted molar refractivity (Wildman–Crippen MR) is 120 cm³/mol. The topological polar surface area (TPSA) is 58.4 Å². The zero-order valence-electron chi connectivity index (χ0n) is 18.9.